The molecule has 1 aliphatic carbocycles. The van der Waals surface area contributed by atoms with Crippen molar-refractivity contribution in [1.82, 2.24) is 0 Å². The Kier molecular flexibility index (Phi) is 2.58. The summed E-state index contributed by atoms with van der Waals surface area (Å²) in [6.45, 7) is 0. The molecule has 2 N–H and O–H groups in total. The van der Waals surface area contributed by atoms with Gasteiger partial charge in [0.2, 0.25) is 0 Å². The molecule has 0 amide bonds. The van der Waals surface area contributed by atoms with Crippen molar-refractivity contribution in [2.75, 3.05) is 7.11 Å². The number of hydrogen-bond acceptors (Lipinski definition) is 3. The van der Waals surface area contributed by atoms with Crippen molar-refractivity contribution < 1.29 is 19.7 Å². The van der Waals surface area contributed by atoms with Crippen molar-refractivity contribution in [3.63, 3.8) is 0 Å². The van der Waals surface area contributed by atoms with Gasteiger partial charge in [0.1, 0.15) is 11.5 Å². The number of rotatable bonds is 3. The van der Waals surface area contributed by atoms with E-state index < -0.39 is 11.4 Å². The fourth-order valence-corrected chi connectivity index (χ4v) is 2.30. The number of carboxylic acid groups (broad SMARTS) is 1. The van der Waals surface area contributed by atoms with Gasteiger partial charge in [-0.15, -0.1) is 0 Å². The number of carboxylic acids is 1. The number of phenols is 1. The lowest BCUT2D eigenvalue weighted by Gasteiger charge is -2.14. The van der Waals surface area contributed by atoms with E-state index in [2.05, 4.69) is 15.9 Å². The maximum absolute atomic E-state index is 11.2. The molecule has 1 aromatic carbocycles. The van der Waals surface area contributed by atoms with Gasteiger partial charge in [-0.1, -0.05) is 0 Å². The van der Waals surface area contributed by atoms with Gasteiger partial charge in [0.05, 0.1) is 17.0 Å². The molecule has 16 heavy (non-hydrogen) atoms. The van der Waals surface area contributed by atoms with Crippen LogP contribution in [-0.4, -0.2) is 23.3 Å². The minimum atomic E-state index is -0.919. The standard InChI is InChI=1S/C11H11BrO4/c1-16-9-4-6(8(13)5-7(9)12)11(2-3-11)10(14)15/h4-5,13H,2-3H2,1H3,(H,14,15). The highest BCUT2D eigenvalue weighted by atomic mass is 79.9. The van der Waals surface area contributed by atoms with E-state index >= 15 is 0 Å². The largest absolute Gasteiger partial charge is 0.508 e. The second-order valence-electron chi connectivity index (χ2n) is 3.89. The van der Waals surface area contributed by atoms with Crippen molar-refractivity contribution in [2.24, 2.45) is 0 Å². The van der Waals surface area contributed by atoms with E-state index in [9.17, 15) is 9.90 Å². The lowest BCUT2D eigenvalue weighted by Crippen LogP contribution is -2.19. The number of aromatic hydroxyl groups is 1. The predicted molar refractivity (Wildman–Crippen MR) is 60.9 cm³/mol. The van der Waals surface area contributed by atoms with Crippen LogP contribution in [0.15, 0.2) is 16.6 Å². The number of phenolic OH excluding ortho intramolecular Hbond substituents is 1. The van der Waals surface area contributed by atoms with Crippen LogP contribution in [0.4, 0.5) is 0 Å². The Bertz CT molecular complexity index is 452. The lowest BCUT2D eigenvalue weighted by atomic mass is 9.95. The van der Waals surface area contributed by atoms with Gasteiger partial charge < -0.3 is 14.9 Å². The molecular formula is C11H11BrO4. The third kappa shape index (κ3) is 1.55. The summed E-state index contributed by atoms with van der Waals surface area (Å²) in [5.74, 6) is -0.375. The van der Waals surface area contributed by atoms with E-state index in [-0.39, 0.29) is 5.75 Å². The molecule has 1 aromatic rings. The monoisotopic (exact) mass is 286 g/mol. The van der Waals surface area contributed by atoms with E-state index in [0.717, 1.165) is 0 Å². The topological polar surface area (TPSA) is 66.8 Å². The molecule has 0 radical (unpaired) electrons. The molecule has 0 spiro atoms. The minimum Gasteiger partial charge on any atom is -0.508 e. The molecule has 0 saturated heterocycles. The summed E-state index contributed by atoms with van der Waals surface area (Å²) in [6.07, 6.45) is 1.11. The molecule has 0 aliphatic heterocycles. The number of hydrogen-bond donors (Lipinski definition) is 2. The molecule has 5 heteroatoms. The number of methoxy groups -OCH3 is 1. The second kappa shape index (κ2) is 3.66. The number of aliphatic carboxylic acids is 1. The van der Waals surface area contributed by atoms with Crippen LogP contribution in [0.5, 0.6) is 11.5 Å². The fourth-order valence-electron chi connectivity index (χ4n) is 1.81. The third-order valence-electron chi connectivity index (χ3n) is 2.95. The Balaban J connectivity index is 2.53. The fraction of sp³-hybridized carbons (Fsp3) is 0.364. The van der Waals surface area contributed by atoms with Crippen LogP contribution in [-0.2, 0) is 10.2 Å². The minimum absolute atomic E-state index is 0.00687. The van der Waals surface area contributed by atoms with Crippen LogP contribution in [0.1, 0.15) is 18.4 Å². The van der Waals surface area contributed by atoms with Crippen molar-refractivity contribution in [3.05, 3.63) is 22.2 Å². The van der Waals surface area contributed by atoms with Gasteiger partial charge in [0.25, 0.3) is 0 Å². The first-order valence-electron chi connectivity index (χ1n) is 4.81. The van der Waals surface area contributed by atoms with Crippen LogP contribution in [0, 0.1) is 0 Å². The molecule has 0 heterocycles. The van der Waals surface area contributed by atoms with Gasteiger partial charge in [-0.2, -0.15) is 0 Å². The Morgan fingerprint density at radius 3 is 2.56 bits per heavy atom. The third-order valence-corrected chi connectivity index (χ3v) is 3.56. The molecule has 0 bridgehead atoms. The Labute approximate surface area is 101 Å². The normalized spacial score (nSPS) is 16.9. The number of benzene rings is 1. The molecule has 2 rings (SSSR count). The van der Waals surface area contributed by atoms with E-state index in [1.165, 1.54) is 13.2 Å². The van der Waals surface area contributed by atoms with Crippen LogP contribution in [0.2, 0.25) is 0 Å². The number of carbonyl (C=O) groups is 1. The zero-order valence-electron chi connectivity index (χ0n) is 8.66. The molecular weight excluding hydrogens is 276 g/mol. The molecule has 1 aliphatic rings. The molecule has 0 atom stereocenters. The first kappa shape index (κ1) is 11.3. The average Bonchev–Trinajstić information content (AvgIpc) is 2.99. The summed E-state index contributed by atoms with van der Waals surface area (Å²) in [6, 6.07) is 3.05. The lowest BCUT2D eigenvalue weighted by molar-refractivity contribution is -0.140. The maximum Gasteiger partial charge on any atom is 0.314 e. The Morgan fingerprint density at radius 1 is 1.50 bits per heavy atom. The molecule has 0 unspecified atom stereocenters. The van der Waals surface area contributed by atoms with Crippen molar-refractivity contribution in [1.29, 1.82) is 0 Å². The van der Waals surface area contributed by atoms with E-state index in [1.807, 2.05) is 0 Å². The summed E-state index contributed by atoms with van der Waals surface area (Å²) in [7, 11) is 1.50. The maximum atomic E-state index is 11.2. The van der Waals surface area contributed by atoms with Gasteiger partial charge in [-0.3, -0.25) is 4.79 Å². The van der Waals surface area contributed by atoms with Gasteiger partial charge in [-0.05, 0) is 40.9 Å². The highest BCUT2D eigenvalue weighted by molar-refractivity contribution is 9.10. The Morgan fingerprint density at radius 2 is 2.12 bits per heavy atom. The molecule has 1 fully saturated rings. The summed E-state index contributed by atoms with van der Waals surface area (Å²) < 4.78 is 5.70. The van der Waals surface area contributed by atoms with Crippen LogP contribution in [0.25, 0.3) is 0 Å². The average molecular weight is 287 g/mol. The molecule has 86 valence electrons. The zero-order chi connectivity index (χ0) is 11.9. The summed E-state index contributed by atoms with van der Waals surface area (Å²) in [5.41, 5.74) is -0.488. The predicted octanol–water partition coefficient (Wildman–Crippen LogP) is 2.28. The van der Waals surface area contributed by atoms with Crippen molar-refractivity contribution in [2.45, 2.75) is 18.3 Å². The van der Waals surface area contributed by atoms with Gasteiger partial charge in [-0.25, -0.2) is 0 Å². The summed E-state index contributed by atoms with van der Waals surface area (Å²) in [4.78, 5) is 11.2. The van der Waals surface area contributed by atoms with Crippen molar-refractivity contribution in [3.8, 4) is 11.5 Å². The van der Waals surface area contributed by atoms with Crippen LogP contribution >= 0.6 is 15.9 Å². The molecule has 1 saturated carbocycles. The Hall–Kier alpha value is -1.23. The van der Waals surface area contributed by atoms with Gasteiger partial charge in [0.15, 0.2) is 0 Å². The number of halogens is 1. The highest BCUT2D eigenvalue weighted by Gasteiger charge is 2.53. The summed E-state index contributed by atoms with van der Waals surface area (Å²) in [5, 5.41) is 18.9. The number of ether oxygens (including phenoxy) is 1. The first-order valence-corrected chi connectivity index (χ1v) is 5.61. The second-order valence-corrected chi connectivity index (χ2v) is 4.75. The molecule has 4 nitrogen and oxygen atoms in total. The highest BCUT2D eigenvalue weighted by Crippen LogP contribution is 2.53. The van der Waals surface area contributed by atoms with Gasteiger partial charge in [0, 0.05) is 5.56 Å². The first-order chi connectivity index (χ1) is 7.51. The molecule has 0 aromatic heterocycles. The SMILES string of the molecule is COc1cc(C2(C(=O)O)CC2)c(O)cc1Br. The van der Waals surface area contributed by atoms with Crippen LogP contribution in [0.3, 0.4) is 0 Å². The summed E-state index contributed by atoms with van der Waals surface area (Å²) >= 11 is 3.23. The van der Waals surface area contributed by atoms with E-state index in [1.54, 1.807) is 6.07 Å². The smallest absolute Gasteiger partial charge is 0.314 e. The quantitative estimate of drug-likeness (QED) is 0.895. The van der Waals surface area contributed by atoms with E-state index in [0.29, 0.717) is 28.6 Å². The van der Waals surface area contributed by atoms with Gasteiger partial charge >= 0.3 is 5.97 Å². The van der Waals surface area contributed by atoms with E-state index in [4.69, 9.17) is 9.84 Å². The zero-order valence-corrected chi connectivity index (χ0v) is 10.2. The van der Waals surface area contributed by atoms with Crippen molar-refractivity contribution >= 4 is 21.9 Å². The van der Waals surface area contributed by atoms with Crippen LogP contribution < -0.4 is 4.74 Å².